The Balaban J connectivity index is 2.56. The molecule has 72 valence electrons. The fourth-order valence-electron chi connectivity index (χ4n) is 0.719. The first-order chi connectivity index (χ1) is 6.22. The van der Waals surface area contributed by atoms with Gasteiger partial charge in [0.25, 0.3) is 0 Å². The molecule has 0 unspecified atom stereocenters. The Morgan fingerprint density at radius 3 is 2.77 bits per heavy atom. The van der Waals surface area contributed by atoms with E-state index >= 15 is 0 Å². The second-order valence-corrected chi connectivity index (χ2v) is 3.85. The number of nitrogens with zero attached hydrogens (tertiary/aromatic N) is 3. The lowest BCUT2D eigenvalue weighted by atomic mass is 10.4. The van der Waals surface area contributed by atoms with Crippen molar-refractivity contribution in [1.82, 2.24) is 15.0 Å². The van der Waals surface area contributed by atoms with Crippen LogP contribution in [0.15, 0.2) is 5.16 Å². The molecule has 0 aliphatic heterocycles. The van der Waals surface area contributed by atoms with Crippen LogP contribution in [0.1, 0.15) is 19.8 Å². The van der Waals surface area contributed by atoms with Crippen LogP contribution < -0.4 is 5.73 Å². The minimum Gasteiger partial charge on any atom is -0.368 e. The van der Waals surface area contributed by atoms with Crippen molar-refractivity contribution in [2.45, 2.75) is 24.9 Å². The minimum absolute atomic E-state index is 0.159. The van der Waals surface area contributed by atoms with Crippen LogP contribution in [0.2, 0.25) is 5.28 Å². The smallest absolute Gasteiger partial charge is 0.228 e. The van der Waals surface area contributed by atoms with E-state index in [0.29, 0.717) is 5.16 Å². The number of aromatic nitrogens is 3. The molecule has 0 saturated heterocycles. The Morgan fingerprint density at radius 1 is 1.38 bits per heavy atom. The average Bonchev–Trinajstić information content (AvgIpc) is 2.03. The highest BCUT2D eigenvalue weighted by atomic mass is 35.5. The molecular formula is C7H11ClN4S. The van der Waals surface area contributed by atoms with Gasteiger partial charge in [0.2, 0.25) is 11.2 Å². The molecule has 2 N–H and O–H groups in total. The quantitative estimate of drug-likeness (QED) is 0.619. The molecule has 1 aromatic rings. The van der Waals surface area contributed by atoms with E-state index in [1.54, 1.807) is 11.8 Å². The normalized spacial score (nSPS) is 10.3. The fraction of sp³-hybridized carbons (Fsp3) is 0.571. The van der Waals surface area contributed by atoms with Crippen molar-refractivity contribution < 1.29 is 0 Å². The first-order valence-electron chi connectivity index (χ1n) is 4.02. The van der Waals surface area contributed by atoms with Crippen molar-refractivity contribution in [3.05, 3.63) is 5.28 Å². The lowest BCUT2D eigenvalue weighted by Crippen LogP contribution is -1.99. The summed E-state index contributed by atoms with van der Waals surface area (Å²) in [5.74, 6) is 1.16. The van der Waals surface area contributed by atoms with Crippen molar-refractivity contribution in [1.29, 1.82) is 0 Å². The van der Waals surface area contributed by atoms with Gasteiger partial charge >= 0.3 is 0 Å². The third-order valence-electron chi connectivity index (χ3n) is 1.33. The number of rotatable bonds is 4. The second-order valence-electron chi connectivity index (χ2n) is 2.45. The SMILES string of the molecule is CCCCSc1nc(N)nc(Cl)n1. The van der Waals surface area contributed by atoms with E-state index in [0.717, 1.165) is 18.6 Å². The summed E-state index contributed by atoms with van der Waals surface area (Å²) in [5, 5.41) is 0.762. The minimum atomic E-state index is 0.159. The number of halogens is 1. The zero-order valence-electron chi connectivity index (χ0n) is 7.33. The van der Waals surface area contributed by atoms with Crippen molar-refractivity contribution in [2.24, 2.45) is 0 Å². The summed E-state index contributed by atoms with van der Waals surface area (Å²) < 4.78 is 0. The van der Waals surface area contributed by atoms with E-state index in [2.05, 4.69) is 21.9 Å². The van der Waals surface area contributed by atoms with Crippen molar-refractivity contribution in [2.75, 3.05) is 11.5 Å². The maximum absolute atomic E-state index is 5.61. The Labute approximate surface area is 86.3 Å². The molecule has 0 amide bonds. The van der Waals surface area contributed by atoms with Gasteiger partial charge in [-0.2, -0.15) is 15.0 Å². The van der Waals surface area contributed by atoms with Crippen LogP contribution in [0.3, 0.4) is 0 Å². The topological polar surface area (TPSA) is 64.7 Å². The van der Waals surface area contributed by atoms with E-state index in [4.69, 9.17) is 17.3 Å². The summed E-state index contributed by atoms with van der Waals surface area (Å²) in [7, 11) is 0. The van der Waals surface area contributed by atoms with Crippen molar-refractivity contribution in [3.63, 3.8) is 0 Å². The van der Waals surface area contributed by atoms with Gasteiger partial charge in [-0.25, -0.2) is 0 Å². The number of nitrogen functional groups attached to an aromatic ring is 1. The Kier molecular flexibility index (Phi) is 4.24. The highest BCUT2D eigenvalue weighted by Gasteiger charge is 2.01. The molecule has 1 rings (SSSR count). The van der Waals surface area contributed by atoms with E-state index in [-0.39, 0.29) is 11.2 Å². The number of anilines is 1. The number of hydrogen-bond donors (Lipinski definition) is 1. The number of hydrogen-bond acceptors (Lipinski definition) is 5. The molecule has 0 atom stereocenters. The molecule has 0 saturated carbocycles. The third kappa shape index (κ3) is 3.78. The molecular weight excluding hydrogens is 208 g/mol. The standard InChI is InChI=1S/C7H11ClN4S/c1-2-3-4-13-7-11-5(8)10-6(9)12-7/h2-4H2,1H3,(H2,9,10,11,12). The van der Waals surface area contributed by atoms with E-state index < -0.39 is 0 Å². The molecule has 6 heteroatoms. The van der Waals surface area contributed by atoms with Gasteiger partial charge in [0, 0.05) is 5.75 Å². The summed E-state index contributed by atoms with van der Waals surface area (Å²) in [6, 6.07) is 0. The lowest BCUT2D eigenvalue weighted by molar-refractivity contribution is 0.880. The van der Waals surface area contributed by atoms with Gasteiger partial charge in [0.1, 0.15) is 0 Å². The largest absolute Gasteiger partial charge is 0.368 e. The maximum Gasteiger partial charge on any atom is 0.228 e. The molecule has 0 spiro atoms. The molecule has 1 aromatic heterocycles. The summed E-state index contributed by atoms with van der Waals surface area (Å²) in [6.07, 6.45) is 2.29. The molecule has 4 nitrogen and oxygen atoms in total. The van der Waals surface area contributed by atoms with Gasteiger partial charge in [0.05, 0.1) is 0 Å². The van der Waals surface area contributed by atoms with Gasteiger partial charge in [-0.1, -0.05) is 25.1 Å². The van der Waals surface area contributed by atoms with Crippen LogP contribution in [-0.2, 0) is 0 Å². The van der Waals surface area contributed by atoms with Crippen LogP contribution in [0.5, 0.6) is 0 Å². The van der Waals surface area contributed by atoms with Crippen LogP contribution in [0.4, 0.5) is 5.95 Å². The van der Waals surface area contributed by atoms with E-state index in [1.807, 2.05) is 0 Å². The molecule has 0 radical (unpaired) electrons. The third-order valence-corrected chi connectivity index (χ3v) is 2.44. The van der Waals surface area contributed by atoms with E-state index in [1.165, 1.54) is 0 Å². The molecule has 1 heterocycles. The van der Waals surface area contributed by atoms with Crippen LogP contribution in [0, 0.1) is 0 Å². The van der Waals surface area contributed by atoms with Gasteiger partial charge in [0.15, 0.2) is 5.16 Å². The molecule has 0 aliphatic carbocycles. The Morgan fingerprint density at radius 2 is 2.15 bits per heavy atom. The first-order valence-corrected chi connectivity index (χ1v) is 5.38. The lowest BCUT2D eigenvalue weighted by Gasteiger charge is -1.99. The molecule has 0 fully saturated rings. The van der Waals surface area contributed by atoms with Gasteiger partial charge < -0.3 is 5.73 Å². The molecule has 13 heavy (non-hydrogen) atoms. The zero-order chi connectivity index (χ0) is 9.68. The predicted octanol–water partition coefficient (Wildman–Crippen LogP) is 2.00. The van der Waals surface area contributed by atoms with Crippen molar-refractivity contribution >= 4 is 29.3 Å². The Bertz CT molecular complexity index is 261. The monoisotopic (exact) mass is 218 g/mol. The van der Waals surface area contributed by atoms with Crippen LogP contribution in [0.25, 0.3) is 0 Å². The van der Waals surface area contributed by atoms with Crippen LogP contribution in [-0.4, -0.2) is 20.7 Å². The maximum atomic E-state index is 5.61. The number of unbranched alkanes of at least 4 members (excludes halogenated alkanes) is 1. The zero-order valence-corrected chi connectivity index (χ0v) is 8.90. The Hall–Kier alpha value is -0.550. The van der Waals surface area contributed by atoms with Gasteiger partial charge in [-0.05, 0) is 18.0 Å². The first kappa shape index (κ1) is 10.5. The summed E-state index contributed by atoms with van der Waals surface area (Å²) in [5.41, 5.74) is 5.40. The second kappa shape index (κ2) is 5.24. The number of thioether (sulfide) groups is 1. The highest BCUT2D eigenvalue weighted by molar-refractivity contribution is 7.99. The summed E-state index contributed by atoms with van der Waals surface area (Å²) in [6.45, 7) is 2.13. The fourth-order valence-corrected chi connectivity index (χ4v) is 1.86. The molecule has 0 aliphatic rings. The number of nitrogens with two attached hydrogens (primary N) is 1. The predicted molar refractivity (Wildman–Crippen MR) is 54.9 cm³/mol. The van der Waals surface area contributed by atoms with Gasteiger partial charge in [-0.3, -0.25) is 0 Å². The summed E-state index contributed by atoms with van der Waals surface area (Å²) >= 11 is 7.15. The van der Waals surface area contributed by atoms with Gasteiger partial charge in [-0.15, -0.1) is 0 Å². The van der Waals surface area contributed by atoms with E-state index in [9.17, 15) is 0 Å². The molecule has 0 aromatic carbocycles. The summed E-state index contributed by atoms with van der Waals surface area (Å²) in [4.78, 5) is 11.5. The van der Waals surface area contributed by atoms with Crippen molar-refractivity contribution in [3.8, 4) is 0 Å². The average molecular weight is 219 g/mol. The van der Waals surface area contributed by atoms with Crippen LogP contribution >= 0.6 is 23.4 Å². The molecule has 0 bridgehead atoms. The highest BCUT2D eigenvalue weighted by Crippen LogP contribution is 2.16.